The molecule has 12 N–H and O–H groups in total. The third-order valence-corrected chi connectivity index (χ3v) is 22.8. The third kappa shape index (κ3) is 46.6. The first-order chi connectivity index (χ1) is 51.8. The topological polar surface area (TPSA) is 307 Å². The van der Waals surface area contributed by atoms with Gasteiger partial charge < -0.3 is 89.9 Å². The van der Waals surface area contributed by atoms with Crippen molar-refractivity contribution in [3.63, 3.8) is 0 Å². The SMILES string of the molecule is CCCCCCCCCC/C=C\CCCCCCCCCCCCCCCCCCCCCC(=O)NC(COC1OC(CO)C(OC2OC(CO)C(OC3OC(CO)C(O)C(O)C3O)C(O)C2O)C(O)C1O)C(O)CCCCCCCCCCCCCCCCCCCCCCCCCCCCCCCC. The zero-order chi connectivity index (χ0) is 76.7. The van der Waals surface area contributed by atoms with E-state index in [1.54, 1.807) is 0 Å². The van der Waals surface area contributed by atoms with Crippen molar-refractivity contribution in [3.05, 3.63) is 12.2 Å². The number of amides is 1. The number of aliphatic hydroxyl groups excluding tert-OH is 11. The monoisotopic (exact) mass is 1510 g/mol. The van der Waals surface area contributed by atoms with Crippen LogP contribution >= 0.6 is 0 Å². The van der Waals surface area contributed by atoms with Crippen LogP contribution in [0.3, 0.4) is 0 Å². The van der Waals surface area contributed by atoms with Gasteiger partial charge in [-0.2, -0.15) is 0 Å². The number of aliphatic hydroxyl groups is 11. The number of nitrogens with one attached hydrogen (secondary N) is 1. The summed E-state index contributed by atoms with van der Waals surface area (Å²) in [6, 6.07) is -0.886. The molecule has 3 fully saturated rings. The molecule has 0 radical (unpaired) electrons. The van der Waals surface area contributed by atoms with Gasteiger partial charge in [-0.1, -0.05) is 373 Å². The number of ether oxygens (including phenoxy) is 6. The van der Waals surface area contributed by atoms with Gasteiger partial charge in [-0.3, -0.25) is 4.79 Å². The van der Waals surface area contributed by atoms with Crippen molar-refractivity contribution in [1.29, 1.82) is 0 Å². The summed E-state index contributed by atoms with van der Waals surface area (Å²) < 4.78 is 34.6. The number of carbonyl (C=O) groups is 1. The van der Waals surface area contributed by atoms with E-state index in [0.29, 0.717) is 12.8 Å². The summed E-state index contributed by atoms with van der Waals surface area (Å²) in [5, 5.41) is 121. The van der Waals surface area contributed by atoms with Gasteiger partial charge in [0.2, 0.25) is 5.91 Å². The Balaban J connectivity index is 1.32. The number of hydrogen-bond acceptors (Lipinski definition) is 18. The van der Waals surface area contributed by atoms with E-state index in [2.05, 4.69) is 31.3 Å². The Hall–Kier alpha value is -1.47. The zero-order valence-electron chi connectivity index (χ0n) is 67.7. The molecule has 0 saturated carbocycles. The van der Waals surface area contributed by atoms with E-state index in [1.165, 1.54) is 327 Å². The first-order valence-corrected chi connectivity index (χ1v) is 44.9. The molecule has 1 amide bonds. The van der Waals surface area contributed by atoms with E-state index in [9.17, 15) is 61.0 Å². The third-order valence-electron chi connectivity index (χ3n) is 22.8. The molecule has 19 nitrogen and oxygen atoms in total. The van der Waals surface area contributed by atoms with Crippen LogP contribution in [0.1, 0.15) is 406 Å². The molecular weight excluding hydrogens is 1350 g/mol. The Bertz CT molecular complexity index is 1960. The molecule has 3 aliphatic rings. The second-order valence-electron chi connectivity index (χ2n) is 32.4. The highest BCUT2D eigenvalue weighted by atomic mass is 16.8. The van der Waals surface area contributed by atoms with Crippen LogP contribution in [-0.4, -0.2) is 193 Å². The molecule has 0 aliphatic carbocycles. The Morgan fingerprint density at radius 1 is 0.330 bits per heavy atom. The molecule has 0 aromatic heterocycles. The largest absolute Gasteiger partial charge is 0.394 e. The van der Waals surface area contributed by atoms with Gasteiger partial charge in [0.25, 0.3) is 0 Å². The number of unbranched alkanes of at least 4 members (excludes halogenated alkanes) is 56. The van der Waals surface area contributed by atoms with Crippen LogP contribution in [0.5, 0.6) is 0 Å². The number of carbonyl (C=O) groups excluding carboxylic acids is 1. The zero-order valence-corrected chi connectivity index (χ0v) is 67.7. The molecule has 17 unspecified atom stereocenters. The summed E-state index contributed by atoms with van der Waals surface area (Å²) in [7, 11) is 0. The Morgan fingerprint density at radius 2 is 0.594 bits per heavy atom. The van der Waals surface area contributed by atoms with Gasteiger partial charge in [-0.05, 0) is 38.5 Å². The van der Waals surface area contributed by atoms with Crippen molar-refractivity contribution in [2.24, 2.45) is 0 Å². The van der Waals surface area contributed by atoms with E-state index in [4.69, 9.17) is 28.4 Å². The molecule has 3 rings (SSSR count). The molecule has 17 atom stereocenters. The first-order valence-electron chi connectivity index (χ1n) is 44.9. The van der Waals surface area contributed by atoms with E-state index in [1.807, 2.05) is 0 Å². The first kappa shape index (κ1) is 98.7. The average Bonchev–Trinajstić information content (AvgIpc) is 0.780. The minimum absolute atomic E-state index is 0.232. The lowest BCUT2D eigenvalue weighted by Crippen LogP contribution is -2.66. The maximum atomic E-state index is 13.5. The number of hydrogen-bond donors (Lipinski definition) is 12. The van der Waals surface area contributed by atoms with Crippen molar-refractivity contribution in [2.75, 3.05) is 26.4 Å². The van der Waals surface area contributed by atoms with E-state index in [0.717, 1.165) is 44.9 Å². The molecular formula is C87H167NO18. The summed E-state index contributed by atoms with van der Waals surface area (Å²) in [5.74, 6) is -0.232. The summed E-state index contributed by atoms with van der Waals surface area (Å²) in [5.41, 5.74) is 0. The highest BCUT2D eigenvalue weighted by molar-refractivity contribution is 5.76. The van der Waals surface area contributed by atoms with Crippen LogP contribution in [0.4, 0.5) is 0 Å². The average molecular weight is 1520 g/mol. The van der Waals surface area contributed by atoms with Gasteiger partial charge in [-0.15, -0.1) is 0 Å². The van der Waals surface area contributed by atoms with E-state index < -0.39 is 124 Å². The minimum atomic E-state index is -1.97. The number of allylic oxidation sites excluding steroid dienone is 2. The molecule has 3 saturated heterocycles. The molecule has 0 aromatic rings. The van der Waals surface area contributed by atoms with Crippen molar-refractivity contribution in [1.82, 2.24) is 5.32 Å². The number of rotatable bonds is 74. The summed E-state index contributed by atoms with van der Waals surface area (Å²) in [6.07, 6.45) is 56.1. The van der Waals surface area contributed by atoms with Gasteiger partial charge >= 0.3 is 0 Å². The quantitative estimate of drug-likeness (QED) is 0.0199. The summed E-state index contributed by atoms with van der Waals surface area (Å²) in [6.45, 7) is 1.88. The predicted molar refractivity (Wildman–Crippen MR) is 425 cm³/mol. The van der Waals surface area contributed by atoms with Gasteiger partial charge in [-0.25, -0.2) is 0 Å². The van der Waals surface area contributed by atoms with Crippen LogP contribution in [0.25, 0.3) is 0 Å². The molecule has 3 heterocycles. The van der Waals surface area contributed by atoms with Crippen LogP contribution in [-0.2, 0) is 33.2 Å². The summed E-state index contributed by atoms with van der Waals surface area (Å²) in [4.78, 5) is 13.5. The lowest BCUT2D eigenvalue weighted by Gasteiger charge is -2.48. The van der Waals surface area contributed by atoms with Crippen molar-refractivity contribution in [2.45, 2.75) is 510 Å². The lowest BCUT2D eigenvalue weighted by molar-refractivity contribution is -0.379. The Kier molecular flexibility index (Phi) is 63.3. The smallest absolute Gasteiger partial charge is 0.220 e. The molecule has 0 aromatic carbocycles. The standard InChI is InChI=1S/C87H167NO18/c1-3-5-7-9-11-13-15-17-19-21-23-25-27-29-31-33-35-37-39-41-43-45-47-49-51-53-55-57-59-61-63-65-75(93)88-70(71(92)64-62-60-58-56-54-52-50-48-46-44-42-40-38-36-34-32-30-28-26-24-22-20-18-16-14-12-10-8-6-4-2)69-101-85-81(99)78(96)83(73(67-90)103-85)106-87-82(100)79(97)84(74(68-91)104-87)105-86-80(98)77(95)76(94)72(66-89)102-86/h21,23,70-74,76-87,89-92,94-100H,3-20,22,24-69H2,1-2H3,(H,88,93)/b23-21-. The normalized spacial score (nSPS) is 25.6. The second-order valence-corrected chi connectivity index (χ2v) is 32.4. The van der Waals surface area contributed by atoms with Crippen molar-refractivity contribution >= 4 is 5.91 Å². The highest BCUT2D eigenvalue weighted by Gasteiger charge is 2.54. The van der Waals surface area contributed by atoms with Crippen molar-refractivity contribution < 1.29 is 89.4 Å². The summed E-state index contributed by atoms with van der Waals surface area (Å²) >= 11 is 0. The molecule has 106 heavy (non-hydrogen) atoms. The fourth-order valence-corrected chi connectivity index (χ4v) is 15.7. The van der Waals surface area contributed by atoms with E-state index >= 15 is 0 Å². The fraction of sp³-hybridized carbons (Fsp3) is 0.966. The molecule has 19 heteroatoms. The van der Waals surface area contributed by atoms with Crippen LogP contribution in [0.2, 0.25) is 0 Å². The lowest BCUT2D eigenvalue weighted by atomic mass is 9.96. The maximum absolute atomic E-state index is 13.5. The molecule has 628 valence electrons. The fourth-order valence-electron chi connectivity index (χ4n) is 15.7. The Labute approximate surface area is 646 Å². The van der Waals surface area contributed by atoms with Crippen LogP contribution in [0, 0.1) is 0 Å². The molecule has 0 bridgehead atoms. The highest BCUT2D eigenvalue weighted by Crippen LogP contribution is 2.34. The van der Waals surface area contributed by atoms with Crippen molar-refractivity contribution in [3.8, 4) is 0 Å². The van der Waals surface area contributed by atoms with Crippen LogP contribution in [0.15, 0.2) is 12.2 Å². The van der Waals surface area contributed by atoms with Gasteiger partial charge in [0.1, 0.15) is 73.2 Å². The van der Waals surface area contributed by atoms with Gasteiger partial charge in [0.05, 0.1) is 38.6 Å². The second kappa shape index (κ2) is 68.0. The van der Waals surface area contributed by atoms with Gasteiger partial charge in [0.15, 0.2) is 18.9 Å². The molecule has 3 aliphatic heterocycles. The van der Waals surface area contributed by atoms with Crippen LogP contribution < -0.4 is 5.32 Å². The Morgan fingerprint density at radius 3 is 0.915 bits per heavy atom. The van der Waals surface area contributed by atoms with E-state index in [-0.39, 0.29) is 18.9 Å². The minimum Gasteiger partial charge on any atom is -0.394 e. The molecule has 0 spiro atoms. The maximum Gasteiger partial charge on any atom is 0.220 e. The van der Waals surface area contributed by atoms with Gasteiger partial charge in [0, 0.05) is 6.42 Å². The predicted octanol–water partition coefficient (Wildman–Crippen LogP) is 16.7.